The number of hydrogen-bond donors (Lipinski definition) is 0. The van der Waals surface area contributed by atoms with Crippen LogP contribution in [0.3, 0.4) is 0 Å². The number of rotatable bonds is 3. The molecule has 0 radical (unpaired) electrons. The Bertz CT molecular complexity index is 678. The maximum absolute atomic E-state index is 12.1. The summed E-state index contributed by atoms with van der Waals surface area (Å²) in [4.78, 5) is 16.3. The summed E-state index contributed by atoms with van der Waals surface area (Å²) < 4.78 is -2.04. The van der Waals surface area contributed by atoms with Crippen molar-refractivity contribution in [1.29, 1.82) is 0 Å². The molecular formula is C15H9Cl4NO. The number of aliphatic imine (C=N–C) groups is 1. The predicted octanol–water partition coefficient (Wildman–Crippen LogP) is 5.56. The molecule has 2 aromatic rings. The zero-order chi connectivity index (χ0) is 15.5. The highest BCUT2D eigenvalue weighted by molar-refractivity contribution is 6.77. The fraction of sp³-hybridized carbons (Fsp3) is 0.0667. The summed E-state index contributed by atoms with van der Waals surface area (Å²) in [5.74, 6) is -0.649. The molecule has 0 saturated heterocycles. The molecule has 6 heteroatoms. The third-order valence-electron chi connectivity index (χ3n) is 2.64. The molecule has 0 amide bonds. The van der Waals surface area contributed by atoms with Gasteiger partial charge in [0.25, 0.3) is 3.79 Å². The van der Waals surface area contributed by atoms with E-state index in [0.29, 0.717) is 5.69 Å². The van der Waals surface area contributed by atoms with Gasteiger partial charge in [0.2, 0.25) is 5.78 Å². The first kappa shape index (κ1) is 16.3. The van der Waals surface area contributed by atoms with Crippen LogP contribution in [0.1, 0.15) is 15.9 Å². The van der Waals surface area contributed by atoms with E-state index >= 15 is 0 Å². The second-order valence-electron chi connectivity index (χ2n) is 4.11. The van der Waals surface area contributed by atoms with Crippen LogP contribution < -0.4 is 0 Å². The van der Waals surface area contributed by atoms with Crippen molar-refractivity contribution in [3.8, 4) is 0 Å². The van der Waals surface area contributed by atoms with Crippen LogP contribution in [-0.4, -0.2) is 14.7 Å². The van der Waals surface area contributed by atoms with Crippen LogP contribution >= 0.6 is 46.4 Å². The Morgan fingerprint density at radius 1 is 0.905 bits per heavy atom. The number of carbonyl (C=O) groups is 1. The lowest BCUT2D eigenvalue weighted by molar-refractivity contribution is 0.0997. The van der Waals surface area contributed by atoms with Gasteiger partial charge in [0.1, 0.15) is 5.17 Å². The zero-order valence-corrected chi connectivity index (χ0v) is 13.6. The average Bonchev–Trinajstić information content (AvgIpc) is 2.47. The molecule has 2 aromatic carbocycles. The van der Waals surface area contributed by atoms with E-state index in [4.69, 9.17) is 46.4 Å². The van der Waals surface area contributed by atoms with E-state index in [-0.39, 0.29) is 10.7 Å². The average molecular weight is 361 g/mol. The molecule has 0 saturated carbocycles. The summed E-state index contributed by atoms with van der Waals surface area (Å²) in [6.07, 6.45) is 0. The molecule has 0 bridgehead atoms. The Morgan fingerprint density at radius 3 is 2.10 bits per heavy atom. The number of carbonyl (C=O) groups excluding carboxylic acids is 1. The smallest absolute Gasteiger partial charge is 0.253 e. The fourth-order valence-electron chi connectivity index (χ4n) is 1.66. The Labute approximate surface area is 142 Å². The lowest BCUT2D eigenvalue weighted by Gasteiger charge is -2.11. The van der Waals surface area contributed by atoms with Crippen molar-refractivity contribution in [1.82, 2.24) is 0 Å². The van der Waals surface area contributed by atoms with E-state index in [1.165, 1.54) is 6.07 Å². The first-order valence-electron chi connectivity index (χ1n) is 5.90. The van der Waals surface area contributed by atoms with Gasteiger partial charge in [0.15, 0.2) is 0 Å². The van der Waals surface area contributed by atoms with E-state index in [0.717, 1.165) is 5.56 Å². The zero-order valence-electron chi connectivity index (χ0n) is 10.6. The van der Waals surface area contributed by atoms with Crippen molar-refractivity contribution < 1.29 is 4.79 Å². The van der Waals surface area contributed by atoms with Gasteiger partial charge >= 0.3 is 0 Å². The van der Waals surface area contributed by atoms with Gasteiger partial charge in [-0.2, -0.15) is 0 Å². The summed E-state index contributed by atoms with van der Waals surface area (Å²) in [6.45, 7) is 0. The number of ketones is 1. The number of benzene rings is 2. The molecule has 0 N–H and O–H groups in total. The summed E-state index contributed by atoms with van der Waals surface area (Å²) >= 11 is 23.1. The molecule has 0 heterocycles. The number of para-hydroxylation sites is 1. The van der Waals surface area contributed by atoms with Gasteiger partial charge in [0.05, 0.1) is 5.69 Å². The molecule has 21 heavy (non-hydrogen) atoms. The molecule has 0 unspecified atom stereocenters. The van der Waals surface area contributed by atoms with Crippen LogP contribution in [0.5, 0.6) is 0 Å². The Morgan fingerprint density at radius 2 is 1.48 bits per heavy atom. The normalized spacial score (nSPS) is 12.3. The number of hydrogen-bond acceptors (Lipinski definition) is 2. The quantitative estimate of drug-likeness (QED) is 0.400. The van der Waals surface area contributed by atoms with Gasteiger partial charge in [-0.15, -0.1) is 0 Å². The molecular weight excluding hydrogens is 352 g/mol. The van der Waals surface area contributed by atoms with Crippen molar-refractivity contribution in [2.24, 2.45) is 4.99 Å². The largest absolute Gasteiger partial charge is 0.289 e. The van der Waals surface area contributed by atoms with Crippen LogP contribution in [0.15, 0.2) is 59.6 Å². The minimum atomic E-state index is -2.04. The standard InChI is InChI=1S/C15H9Cl4NO/c16-14(10-6-2-1-3-7-10)20-12-9-5-4-8-11(12)13(21)15(17,18)19/h1-9H. The number of halogens is 4. The van der Waals surface area contributed by atoms with Crippen molar-refractivity contribution in [3.05, 3.63) is 65.7 Å². The maximum atomic E-state index is 12.1. The van der Waals surface area contributed by atoms with E-state index < -0.39 is 9.58 Å². The van der Waals surface area contributed by atoms with E-state index in [9.17, 15) is 4.79 Å². The third-order valence-corrected chi connectivity index (χ3v) is 3.45. The lowest BCUT2D eigenvalue weighted by Crippen LogP contribution is -2.19. The van der Waals surface area contributed by atoms with E-state index in [1.807, 2.05) is 30.3 Å². The van der Waals surface area contributed by atoms with Gasteiger partial charge in [-0.1, -0.05) is 88.9 Å². The molecule has 2 nitrogen and oxygen atoms in total. The highest BCUT2D eigenvalue weighted by Gasteiger charge is 2.33. The molecule has 0 spiro atoms. The van der Waals surface area contributed by atoms with Crippen LogP contribution in [-0.2, 0) is 0 Å². The number of Topliss-reactive ketones (excluding diaryl/α,β-unsaturated/α-hetero) is 1. The van der Waals surface area contributed by atoms with Crippen molar-refractivity contribution in [3.63, 3.8) is 0 Å². The van der Waals surface area contributed by atoms with Crippen LogP contribution in [0.4, 0.5) is 5.69 Å². The van der Waals surface area contributed by atoms with Gasteiger partial charge in [0, 0.05) is 11.1 Å². The van der Waals surface area contributed by atoms with Gasteiger partial charge in [-0.25, -0.2) is 4.99 Å². The monoisotopic (exact) mass is 359 g/mol. The summed E-state index contributed by atoms with van der Waals surface area (Å²) in [7, 11) is 0. The third kappa shape index (κ3) is 4.21. The minimum absolute atomic E-state index is 0.201. The molecule has 0 atom stereocenters. The predicted molar refractivity (Wildman–Crippen MR) is 89.6 cm³/mol. The molecule has 0 aromatic heterocycles. The van der Waals surface area contributed by atoms with Gasteiger partial charge in [-0.3, -0.25) is 4.79 Å². The lowest BCUT2D eigenvalue weighted by atomic mass is 10.1. The minimum Gasteiger partial charge on any atom is -0.289 e. The number of nitrogens with zero attached hydrogens (tertiary/aromatic N) is 1. The highest BCUT2D eigenvalue weighted by Crippen LogP contribution is 2.34. The molecule has 2 rings (SSSR count). The van der Waals surface area contributed by atoms with E-state index in [2.05, 4.69) is 4.99 Å². The van der Waals surface area contributed by atoms with Crippen molar-refractivity contribution in [2.45, 2.75) is 3.79 Å². The van der Waals surface area contributed by atoms with Gasteiger partial charge < -0.3 is 0 Å². The fourth-order valence-corrected chi connectivity index (χ4v) is 2.18. The molecule has 0 fully saturated rings. The Hall–Kier alpha value is -1.06. The summed E-state index contributed by atoms with van der Waals surface area (Å²) in [6, 6.07) is 15.7. The van der Waals surface area contributed by atoms with E-state index in [1.54, 1.807) is 18.2 Å². The molecule has 108 valence electrons. The number of alkyl halides is 3. The maximum Gasteiger partial charge on any atom is 0.253 e. The van der Waals surface area contributed by atoms with Crippen LogP contribution in [0, 0.1) is 0 Å². The summed E-state index contributed by atoms with van der Waals surface area (Å²) in [5, 5.41) is 0.250. The molecule has 0 aliphatic rings. The highest BCUT2D eigenvalue weighted by atomic mass is 35.6. The second kappa shape index (κ2) is 6.80. The van der Waals surface area contributed by atoms with Crippen molar-refractivity contribution >= 4 is 63.0 Å². The van der Waals surface area contributed by atoms with Gasteiger partial charge in [-0.05, 0) is 12.1 Å². The molecule has 0 aliphatic carbocycles. The molecule has 0 aliphatic heterocycles. The topological polar surface area (TPSA) is 29.4 Å². The van der Waals surface area contributed by atoms with Crippen molar-refractivity contribution in [2.75, 3.05) is 0 Å². The first-order valence-corrected chi connectivity index (χ1v) is 7.41. The van der Waals surface area contributed by atoms with Crippen LogP contribution in [0.2, 0.25) is 0 Å². The summed E-state index contributed by atoms with van der Waals surface area (Å²) in [5.41, 5.74) is 1.28. The Kier molecular flexibility index (Phi) is 5.28. The first-order chi connectivity index (χ1) is 9.89. The SMILES string of the molecule is O=C(c1ccccc1N=C(Cl)c1ccccc1)C(Cl)(Cl)Cl. The second-order valence-corrected chi connectivity index (χ2v) is 6.75. The van der Waals surface area contributed by atoms with Crippen LogP contribution in [0.25, 0.3) is 0 Å². The Balaban J connectivity index is 2.44.